The average Bonchev–Trinajstić information content (AvgIpc) is 2.95. The van der Waals surface area contributed by atoms with E-state index in [2.05, 4.69) is 15.3 Å². The number of hydrogen-bond donors (Lipinski definition) is 1. The van der Waals surface area contributed by atoms with Gasteiger partial charge >= 0.3 is 0 Å². The van der Waals surface area contributed by atoms with Crippen LogP contribution < -0.4 is 5.32 Å². The van der Waals surface area contributed by atoms with Gasteiger partial charge in [-0.05, 0) is 57.0 Å². The summed E-state index contributed by atoms with van der Waals surface area (Å²) in [5, 5.41) is 4.34. The topological polar surface area (TPSA) is 42.7 Å². The van der Waals surface area contributed by atoms with Gasteiger partial charge < -0.3 is 9.88 Å². The van der Waals surface area contributed by atoms with Gasteiger partial charge in [-0.25, -0.2) is 9.37 Å². The molecule has 0 atom stereocenters. The molecule has 1 N–H and O–H groups in total. The summed E-state index contributed by atoms with van der Waals surface area (Å²) in [7, 11) is 0. The first-order chi connectivity index (χ1) is 11.5. The Labute approximate surface area is 141 Å². The first kappa shape index (κ1) is 16.2. The van der Waals surface area contributed by atoms with Gasteiger partial charge in [-0.2, -0.15) is 0 Å². The summed E-state index contributed by atoms with van der Waals surface area (Å²) >= 11 is 0. The van der Waals surface area contributed by atoms with Crippen molar-refractivity contribution in [1.29, 1.82) is 0 Å². The predicted octanol–water partition coefficient (Wildman–Crippen LogP) is 5.06. The molecule has 3 aromatic heterocycles. The van der Waals surface area contributed by atoms with Gasteiger partial charge in [-0.1, -0.05) is 0 Å². The van der Waals surface area contributed by atoms with Crippen LogP contribution in [0.5, 0.6) is 0 Å². The van der Waals surface area contributed by atoms with Crippen molar-refractivity contribution >= 4 is 22.4 Å². The second-order valence-corrected chi connectivity index (χ2v) is 6.15. The molecule has 5 heteroatoms. The van der Waals surface area contributed by atoms with Crippen molar-refractivity contribution in [3.63, 3.8) is 0 Å². The summed E-state index contributed by atoms with van der Waals surface area (Å²) in [5.74, 6) is 0.640. The van der Waals surface area contributed by atoms with E-state index in [4.69, 9.17) is 0 Å². The minimum Gasteiger partial charge on any atom is -0.341 e. The molecule has 3 aromatic rings. The van der Waals surface area contributed by atoms with Crippen molar-refractivity contribution in [1.82, 2.24) is 14.5 Å². The molecule has 0 radical (unpaired) electrons. The maximum absolute atomic E-state index is 14.0. The van der Waals surface area contributed by atoms with E-state index in [-0.39, 0.29) is 12.4 Å². The first-order valence-corrected chi connectivity index (χ1v) is 7.92. The lowest BCUT2D eigenvalue weighted by atomic mass is 10.2. The first-order valence-electron chi connectivity index (χ1n) is 7.92. The quantitative estimate of drug-likeness (QED) is 0.730. The van der Waals surface area contributed by atoms with Crippen molar-refractivity contribution in [2.75, 3.05) is 5.32 Å². The van der Waals surface area contributed by atoms with Crippen LogP contribution in [0.25, 0.3) is 10.9 Å². The van der Waals surface area contributed by atoms with Crippen molar-refractivity contribution in [2.45, 2.75) is 34.2 Å². The van der Waals surface area contributed by atoms with E-state index in [1.54, 1.807) is 26.2 Å². The maximum Gasteiger partial charge on any atom is 0.139 e. The normalized spacial score (nSPS) is 10.9. The van der Waals surface area contributed by atoms with Gasteiger partial charge in [0.05, 0.1) is 23.4 Å². The predicted molar refractivity (Wildman–Crippen MR) is 96.2 cm³/mol. The maximum atomic E-state index is 14.0. The highest BCUT2D eigenvalue weighted by molar-refractivity contribution is 5.92. The van der Waals surface area contributed by atoms with Gasteiger partial charge in [0.15, 0.2) is 0 Å². The lowest BCUT2D eigenvalue weighted by Crippen LogP contribution is -2.01. The van der Waals surface area contributed by atoms with Crippen molar-refractivity contribution in [3.05, 3.63) is 59.4 Å². The standard InChI is InChI=1S/C19H21FN4/c1-12(2)16(20)11-24-10-7-15-17(24)6-9-22-19(15)23-18-13(3)5-8-21-14(18)4/h5-10H,11H2,1-4H3,(H,22,23). The third-order valence-electron chi connectivity index (χ3n) is 4.14. The molecule has 0 aliphatic heterocycles. The van der Waals surface area contributed by atoms with Gasteiger partial charge in [0, 0.05) is 24.0 Å². The number of pyridine rings is 2. The Morgan fingerprint density at radius 3 is 2.58 bits per heavy atom. The van der Waals surface area contributed by atoms with Crippen molar-refractivity contribution in [3.8, 4) is 0 Å². The molecule has 0 saturated heterocycles. The number of fused-ring (bicyclic) bond motifs is 1. The number of rotatable bonds is 4. The van der Waals surface area contributed by atoms with E-state index >= 15 is 0 Å². The van der Waals surface area contributed by atoms with Crippen molar-refractivity contribution in [2.24, 2.45) is 0 Å². The number of nitrogens with zero attached hydrogens (tertiary/aromatic N) is 3. The Hall–Kier alpha value is -2.69. The van der Waals surface area contributed by atoms with Crippen LogP contribution in [0.1, 0.15) is 25.1 Å². The van der Waals surface area contributed by atoms with Crippen LogP contribution in [0.2, 0.25) is 0 Å². The van der Waals surface area contributed by atoms with Crippen LogP contribution in [-0.4, -0.2) is 14.5 Å². The number of allylic oxidation sites excluding steroid dienone is 2. The van der Waals surface area contributed by atoms with Crippen LogP contribution in [0.4, 0.5) is 15.9 Å². The molecule has 124 valence electrons. The molecule has 0 saturated carbocycles. The molecule has 0 aliphatic rings. The number of halogens is 1. The van der Waals surface area contributed by atoms with Crippen LogP contribution in [0.15, 0.2) is 48.2 Å². The fourth-order valence-electron chi connectivity index (χ4n) is 2.67. The third kappa shape index (κ3) is 3.02. The van der Waals surface area contributed by atoms with Crippen LogP contribution in [-0.2, 0) is 6.54 Å². The summed E-state index contributed by atoms with van der Waals surface area (Å²) in [6.45, 7) is 7.80. The van der Waals surface area contributed by atoms with Gasteiger partial charge in [0.25, 0.3) is 0 Å². The van der Waals surface area contributed by atoms with Crippen LogP contribution in [0, 0.1) is 13.8 Å². The number of aryl methyl sites for hydroxylation is 2. The van der Waals surface area contributed by atoms with E-state index in [1.807, 2.05) is 42.8 Å². The molecule has 0 fully saturated rings. The third-order valence-corrected chi connectivity index (χ3v) is 4.14. The highest BCUT2D eigenvalue weighted by atomic mass is 19.1. The van der Waals surface area contributed by atoms with Gasteiger partial charge in [0.1, 0.15) is 11.6 Å². The SMILES string of the molecule is CC(C)=C(F)Cn1ccc2c(Nc3c(C)ccnc3C)nccc21. The largest absolute Gasteiger partial charge is 0.341 e. The molecule has 0 aromatic carbocycles. The Balaban J connectivity index is 2.02. The summed E-state index contributed by atoms with van der Waals surface area (Å²) in [5.41, 5.74) is 4.63. The van der Waals surface area contributed by atoms with Crippen molar-refractivity contribution < 1.29 is 4.39 Å². The van der Waals surface area contributed by atoms with Gasteiger partial charge in [-0.3, -0.25) is 4.98 Å². The Morgan fingerprint density at radius 1 is 1.12 bits per heavy atom. The van der Waals surface area contributed by atoms with Crippen LogP contribution in [0.3, 0.4) is 0 Å². The highest BCUT2D eigenvalue weighted by Crippen LogP contribution is 2.28. The monoisotopic (exact) mass is 324 g/mol. The zero-order valence-corrected chi connectivity index (χ0v) is 14.4. The minimum atomic E-state index is -0.113. The number of hydrogen-bond acceptors (Lipinski definition) is 3. The second kappa shape index (κ2) is 6.43. The van der Waals surface area contributed by atoms with E-state index in [1.165, 1.54) is 0 Å². The summed E-state index contributed by atoms with van der Waals surface area (Å²) in [4.78, 5) is 8.78. The van der Waals surface area contributed by atoms with Gasteiger partial charge in [-0.15, -0.1) is 0 Å². The summed E-state index contributed by atoms with van der Waals surface area (Å²) in [6, 6.07) is 5.83. The summed E-state index contributed by atoms with van der Waals surface area (Å²) in [6.07, 6.45) is 5.42. The smallest absolute Gasteiger partial charge is 0.139 e. The fraction of sp³-hybridized carbons (Fsp3) is 0.263. The number of aromatic nitrogens is 3. The molecule has 0 unspecified atom stereocenters. The molecule has 3 heterocycles. The van der Waals surface area contributed by atoms with Gasteiger partial charge in [0.2, 0.25) is 0 Å². The molecular weight excluding hydrogens is 303 g/mol. The average molecular weight is 324 g/mol. The Morgan fingerprint density at radius 2 is 1.88 bits per heavy atom. The molecule has 0 aliphatic carbocycles. The molecule has 0 amide bonds. The second-order valence-electron chi connectivity index (χ2n) is 6.15. The van der Waals surface area contributed by atoms with E-state index in [9.17, 15) is 4.39 Å². The Bertz CT molecular complexity index is 900. The summed E-state index contributed by atoms with van der Waals surface area (Å²) < 4.78 is 15.9. The lowest BCUT2D eigenvalue weighted by molar-refractivity contribution is 0.552. The van der Waals surface area contributed by atoms with E-state index in [0.29, 0.717) is 5.57 Å². The fourth-order valence-corrected chi connectivity index (χ4v) is 2.67. The highest BCUT2D eigenvalue weighted by Gasteiger charge is 2.11. The molecule has 24 heavy (non-hydrogen) atoms. The number of anilines is 2. The minimum absolute atomic E-state index is 0.113. The Kier molecular flexibility index (Phi) is 4.34. The zero-order chi connectivity index (χ0) is 17.3. The molecule has 0 spiro atoms. The molecule has 0 bridgehead atoms. The van der Waals surface area contributed by atoms with Crippen LogP contribution >= 0.6 is 0 Å². The number of nitrogens with one attached hydrogen (secondary N) is 1. The lowest BCUT2D eigenvalue weighted by Gasteiger charge is -2.12. The van der Waals surface area contributed by atoms with E-state index in [0.717, 1.165) is 33.7 Å². The van der Waals surface area contributed by atoms with E-state index < -0.39 is 0 Å². The molecule has 3 rings (SSSR count). The molecule has 4 nitrogen and oxygen atoms in total. The zero-order valence-electron chi connectivity index (χ0n) is 14.4. The molecular formula is C19H21FN4.